The molecular formula is C30H26Cl2N2O4. The largest absolute Gasteiger partial charge is 0.444 e. The number of Topliss-reactive ketones (excluding diaryl/α,β-unsaturated/α-hetero) is 1. The van der Waals surface area contributed by atoms with Crippen molar-refractivity contribution in [3.8, 4) is 0 Å². The monoisotopic (exact) mass is 548 g/mol. The van der Waals surface area contributed by atoms with E-state index < -0.39 is 23.0 Å². The first kappa shape index (κ1) is 26.0. The van der Waals surface area contributed by atoms with Crippen LogP contribution in [0.1, 0.15) is 49.8 Å². The highest BCUT2D eigenvalue weighted by molar-refractivity contribution is 6.31. The number of carbonyl (C=O) groups excluding carboxylic acids is 3. The summed E-state index contributed by atoms with van der Waals surface area (Å²) in [6.07, 6.45) is 1.24. The van der Waals surface area contributed by atoms with E-state index in [1.54, 1.807) is 75.4 Å². The van der Waals surface area contributed by atoms with Gasteiger partial charge in [-0.15, -0.1) is 0 Å². The van der Waals surface area contributed by atoms with E-state index in [0.717, 1.165) is 11.1 Å². The highest BCUT2D eigenvalue weighted by Crippen LogP contribution is 2.54. The SMILES string of the molecule is CC(C)(C)OC(=O)Nc1cccc(C2=C[C@@]3(C(=O)Nc4cc(Cl)ccc43)[C@H](c3cccc(Cl)c3)CC2=O)c1. The molecule has 8 heteroatoms. The zero-order valence-electron chi connectivity index (χ0n) is 21.1. The van der Waals surface area contributed by atoms with Crippen LogP contribution >= 0.6 is 23.2 Å². The lowest BCUT2D eigenvalue weighted by atomic mass is 9.61. The number of halogens is 2. The Morgan fingerprint density at radius 3 is 2.47 bits per heavy atom. The third-order valence-corrected chi connectivity index (χ3v) is 7.20. The van der Waals surface area contributed by atoms with Gasteiger partial charge in [0.15, 0.2) is 5.78 Å². The summed E-state index contributed by atoms with van der Waals surface area (Å²) in [7, 11) is 0. The maximum Gasteiger partial charge on any atom is 0.412 e. The fourth-order valence-corrected chi connectivity index (χ4v) is 5.59. The van der Waals surface area contributed by atoms with Crippen molar-refractivity contribution in [1.29, 1.82) is 0 Å². The number of ether oxygens (including phenoxy) is 1. The predicted octanol–water partition coefficient (Wildman–Crippen LogP) is 7.37. The summed E-state index contributed by atoms with van der Waals surface area (Å²) in [4.78, 5) is 39.8. The van der Waals surface area contributed by atoms with Crippen LogP contribution in [0.15, 0.2) is 72.8 Å². The number of amides is 2. The maximum absolute atomic E-state index is 13.8. The minimum atomic E-state index is -1.16. The van der Waals surface area contributed by atoms with Crippen LogP contribution in [0.5, 0.6) is 0 Å². The number of anilines is 2. The molecular weight excluding hydrogens is 523 g/mol. The number of allylic oxidation sites excluding steroid dienone is 1. The Bertz CT molecular complexity index is 1510. The van der Waals surface area contributed by atoms with Gasteiger partial charge in [0.05, 0.1) is 0 Å². The van der Waals surface area contributed by atoms with Crippen molar-refractivity contribution in [2.45, 2.75) is 44.1 Å². The van der Waals surface area contributed by atoms with Gasteiger partial charge in [-0.3, -0.25) is 14.9 Å². The van der Waals surface area contributed by atoms with Gasteiger partial charge >= 0.3 is 6.09 Å². The van der Waals surface area contributed by atoms with Crippen LogP contribution in [0.4, 0.5) is 16.2 Å². The lowest BCUT2D eigenvalue weighted by Gasteiger charge is -2.38. The molecule has 5 rings (SSSR count). The molecule has 2 aliphatic rings. The standard InChI is InChI=1S/C30H26Cl2N2O4/c1-29(2,3)38-28(37)33-21-9-5-6-17(13-21)22-16-30(23-11-10-20(32)14-25(23)34-27(30)36)24(15-26(22)35)18-7-4-8-19(31)12-18/h4-14,16,24H,15H2,1-3H3,(H,33,37)(H,34,36)/t24-,30-/m0/s1. The molecule has 2 N–H and O–H groups in total. The van der Waals surface area contributed by atoms with Crippen LogP contribution in [-0.4, -0.2) is 23.4 Å². The zero-order chi connectivity index (χ0) is 27.2. The third kappa shape index (κ3) is 4.82. The number of rotatable bonds is 3. The number of hydrogen-bond acceptors (Lipinski definition) is 4. The van der Waals surface area contributed by atoms with Gasteiger partial charge in [-0.25, -0.2) is 4.79 Å². The van der Waals surface area contributed by atoms with Crippen LogP contribution in [0.25, 0.3) is 5.57 Å². The molecule has 3 aromatic rings. The summed E-state index contributed by atoms with van der Waals surface area (Å²) in [5.41, 5.74) is 1.78. The highest BCUT2D eigenvalue weighted by atomic mass is 35.5. The van der Waals surface area contributed by atoms with E-state index in [9.17, 15) is 14.4 Å². The summed E-state index contributed by atoms with van der Waals surface area (Å²) in [5, 5.41) is 6.71. The summed E-state index contributed by atoms with van der Waals surface area (Å²) in [6, 6.07) is 19.5. The molecule has 0 saturated carbocycles. The van der Waals surface area contributed by atoms with Crippen LogP contribution < -0.4 is 10.6 Å². The number of fused-ring (bicyclic) bond motifs is 2. The van der Waals surface area contributed by atoms with E-state index >= 15 is 0 Å². The lowest BCUT2D eigenvalue weighted by Crippen LogP contribution is -2.43. The van der Waals surface area contributed by atoms with Gasteiger partial charge in [0.2, 0.25) is 5.91 Å². The molecule has 0 radical (unpaired) electrons. The van der Waals surface area contributed by atoms with Crippen LogP contribution in [0, 0.1) is 0 Å². The molecule has 0 fully saturated rings. The second-order valence-electron chi connectivity index (χ2n) is 10.5. The Labute approximate surface area is 231 Å². The topological polar surface area (TPSA) is 84.5 Å². The second kappa shape index (κ2) is 9.61. The smallest absolute Gasteiger partial charge is 0.412 e. The molecule has 6 nitrogen and oxygen atoms in total. The van der Waals surface area contributed by atoms with Gasteiger partial charge < -0.3 is 10.1 Å². The van der Waals surface area contributed by atoms with E-state index in [2.05, 4.69) is 10.6 Å². The van der Waals surface area contributed by atoms with Gasteiger partial charge in [0.1, 0.15) is 11.0 Å². The van der Waals surface area contributed by atoms with Crippen molar-refractivity contribution in [1.82, 2.24) is 0 Å². The zero-order valence-corrected chi connectivity index (χ0v) is 22.6. The summed E-state index contributed by atoms with van der Waals surface area (Å²) >= 11 is 12.5. The number of nitrogens with one attached hydrogen (secondary N) is 2. The first-order valence-electron chi connectivity index (χ1n) is 12.2. The van der Waals surface area contributed by atoms with Crippen LogP contribution in [0.2, 0.25) is 10.0 Å². The van der Waals surface area contributed by atoms with E-state index in [0.29, 0.717) is 32.6 Å². The first-order valence-corrected chi connectivity index (χ1v) is 13.0. The first-order chi connectivity index (χ1) is 18.0. The maximum atomic E-state index is 13.8. The molecule has 0 aromatic heterocycles. The van der Waals surface area contributed by atoms with E-state index in [1.165, 1.54) is 0 Å². The van der Waals surface area contributed by atoms with E-state index in [4.69, 9.17) is 27.9 Å². The average Bonchev–Trinajstić information content (AvgIpc) is 3.09. The van der Waals surface area contributed by atoms with Crippen molar-refractivity contribution in [3.63, 3.8) is 0 Å². The van der Waals surface area contributed by atoms with Crippen molar-refractivity contribution in [2.24, 2.45) is 0 Å². The molecule has 0 bridgehead atoms. The molecule has 0 unspecified atom stereocenters. The Morgan fingerprint density at radius 1 is 1.00 bits per heavy atom. The average molecular weight is 549 g/mol. The van der Waals surface area contributed by atoms with E-state index in [1.807, 2.05) is 18.2 Å². The van der Waals surface area contributed by atoms with Gasteiger partial charge in [-0.1, -0.05) is 59.6 Å². The highest BCUT2D eigenvalue weighted by Gasteiger charge is 2.54. The number of hydrogen-bond donors (Lipinski definition) is 2. The van der Waals surface area contributed by atoms with Gasteiger partial charge in [0.25, 0.3) is 0 Å². The third-order valence-electron chi connectivity index (χ3n) is 6.73. The Morgan fingerprint density at radius 2 is 1.74 bits per heavy atom. The molecule has 1 heterocycles. The summed E-state index contributed by atoms with van der Waals surface area (Å²) in [5.74, 6) is -0.846. The number of ketones is 1. The Hall–Kier alpha value is -3.61. The minimum absolute atomic E-state index is 0.0887. The van der Waals surface area contributed by atoms with Crippen LogP contribution in [-0.2, 0) is 19.7 Å². The second-order valence-corrected chi connectivity index (χ2v) is 11.4. The number of benzene rings is 3. The van der Waals surface area contributed by atoms with Gasteiger partial charge in [-0.2, -0.15) is 0 Å². The van der Waals surface area contributed by atoms with Crippen molar-refractivity contribution in [3.05, 3.63) is 99.5 Å². The molecule has 1 aliphatic heterocycles. The summed E-state index contributed by atoms with van der Waals surface area (Å²) < 4.78 is 5.35. The fraction of sp³-hybridized carbons (Fsp3) is 0.233. The molecule has 194 valence electrons. The van der Waals surface area contributed by atoms with Gasteiger partial charge in [0, 0.05) is 39.3 Å². The lowest BCUT2D eigenvalue weighted by molar-refractivity contribution is -0.121. The quantitative estimate of drug-likeness (QED) is 0.357. The predicted molar refractivity (Wildman–Crippen MR) is 150 cm³/mol. The molecule has 2 atom stereocenters. The summed E-state index contributed by atoms with van der Waals surface area (Å²) in [6.45, 7) is 5.34. The minimum Gasteiger partial charge on any atom is -0.444 e. The van der Waals surface area contributed by atoms with Crippen molar-refractivity contribution in [2.75, 3.05) is 10.6 Å². The van der Waals surface area contributed by atoms with Crippen LogP contribution in [0.3, 0.4) is 0 Å². The molecule has 0 saturated heterocycles. The van der Waals surface area contributed by atoms with Crippen molar-refractivity contribution < 1.29 is 19.1 Å². The van der Waals surface area contributed by atoms with E-state index in [-0.39, 0.29) is 18.1 Å². The molecule has 38 heavy (non-hydrogen) atoms. The molecule has 1 aliphatic carbocycles. The normalized spacial score (nSPS) is 20.6. The fourth-order valence-electron chi connectivity index (χ4n) is 5.22. The van der Waals surface area contributed by atoms with Crippen molar-refractivity contribution >= 4 is 57.9 Å². The number of carbonyl (C=O) groups is 3. The Kier molecular flexibility index (Phi) is 6.58. The Balaban J connectivity index is 1.63. The van der Waals surface area contributed by atoms with Gasteiger partial charge in [-0.05, 0) is 73.9 Å². The molecule has 1 spiro atoms. The molecule has 3 aromatic carbocycles. The molecule has 2 amide bonds.